The van der Waals surface area contributed by atoms with Gasteiger partial charge in [0.2, 0.25) is 0 Å². The fourth-order valence-electron chi connectivity index (χ4n) is 3.53. The van der Waals surface area contributed by atoms with Crippen molar-refractivity contribution in [3.8, 4) is 17.2 Å². The first-order valence-corrected chi connectivity index (χ1v) is 12.4. The van der Waals surface area contributed by atoms with Crippen LogP contribution in [0.5, 0.6) is 17.2 Å². The Kier molecular flexibility index (Phi) is 8.80. The van der Waals surface area contributed by atoms with Gasteiger partial charge in [-0.3, -0.25) is 9.69 Å². The molecule has 0 unspecified atom stereocenters. The summed E-state index contributed by atoms with van der Waals surface area (Å²) in [5.41, 5.74) is 3.17. The number of thiocarbonyl (C=S) groups is 1. The summed E-state index contributed by atoms with van der Waals surface area (Å²) in [6.45, 7) is 9.87. The van der Waals surface area contributed by atoms with Crippen LogP contribution in [0.15, 0.2) is 41.3 Å². The summed E-state index contributed by atoms with van der Waals surface area (Å²) in [4.78, 5) is 14.8. The minimum atomic E-state index is -0.0752. The monoisotopic (exact) mass is 485 g/mol. The first kappa shape index (κ1) is 25.1. The number of hydrogen-bond donors (Lipinski definition) is 0. The Labute approximate surface area is 206 Å². The summed E-state index contributed by atoms with van der Waals surface area (Å²) in [6, 6.07) is 12.0. The summed E-state index contributed by atoms with van der Waals surface area (Å²) < 4.78 is 18.3. The van der Waals surface area contributed by atoms with E-state index in [1.807, 2.05) is 31.2 Å². The molecule has 0 saturated carbocycles. The van der Waals surface area contributed by atoms with Crippen LogP contribution in [0.1, 0.15) is 49.8 Å². The molecule has 0 atom stereocenters. The van der Waals surface area contributed by atoms with E-state index in [-0.39, 0.29) is 5.91 Å². The molecule has 1 aliphatic heterocycles. The molecule has 0 aliphatic carbocycles. The maximum absolute atomic E-state index is 12.6. The van der Waals surface area contributed by atoms with Gasteiger partial charge in [-0.2, -0.15) is 0 Å². The number of ether oxygens (including phenoxy) is 3. The minimum Gasteiger partial charge on any atom is -0.493 e. The quantitative estimate of drug-likeness (QED) is 0.227. The molecular weight excluding hydrogens is 454 g/mol. The summed E-state index contributed by atoms with van der Waals surface area (Å²) >= 11 is 6.63. The van der Waals surface area contributed by atoms with Crippen molar-refractivity contribution in [3.05, 3.63) is 58.0 Å². The van der Waals surface area contributed by atoms with Crippen molar-refractivity contribution >= 4 is 40.3 Å². The molecule has 176 valence electrons. The average molecular weight is 486 g/mol. The largest absolute Gasteiger partial charge is 0.493 e. The Morgan fingerprint density at radius 3 is 2.55 bits per heavy atom. The highest BCUT2D eigenvalue weighted by Crippen LogP contribution is 2.37. The highest BCUT2D eigenvalue weighted by Gasteiger charge is 2.31. The topological polar surface area (TPSA) is 48.0 Å². The molecule has 3 rings (SSSR count). The highest BCUT2D eigenvalue weighted by atomic mass is 32.2. The standard InChI is InChI=1S/C26H31NO4S2/c1-6-27-25(28)23(33-26(27)32)16-19-9-7-10-21(29-5)24(19)31-14-8-13-30-22-15-18(4)11-12-20(22)17(2)3/h7,9-12,15-17H,6,8,13-14H2,1-5H3. The normalized spacial score (nSPS) is 15.0. The number of carbonyl (C=O) groups is 1. The van der Waals surface area contributed by atoms with Crippen molar-refractivity contribution in [3.63, 3.8) is 0 Å². The van der Waals surface area contributed by atoms with Crippen molar-refractivity contribution in [2.45, 2.75) is 40.0 Å². The fraction of sp³-hybridized carbons (Fsp3) is 0.385. The third kappa shape index (κ3) is 6.09. The Morgan fingerprint density at radius 1 is 1.12 bits per heavy atom. The zero-order valence-electron chi connectivity index (χ0n) is 19.8. The van der Waals surface area contributed by atoms with E-state index in [0.717, 1.165) is 11.3 Å². The van der Waals surface area contributed by atoms with Gasteiger partial charge in [0.25, 0.3) is 5.91 Å². The summed E-state index contributed by atoms with van der Waals surface area (Å²) in [6.07, 6.45) is 2.53. The third-order valence-electron chi connectivity index (χ3n) is 5.29. The molecule has 2 aromatic carbocycles. The molecule has 33 heavy (non-hydrogen) atoms. The minimum absolute atomic E-state index is 0.0752. The molecule has 5 nitrogen and oxygen atoms in total. The van der Waals surface area contributed by atoms with Crippen LogP contribution in [-0.2, 0) is 4.79 Å². The number of thioether (sulfide) groups is 1. The van der Waals surface area contributed by atoms with Gasteiger partial charge in [-0.25, -0.2) is 0 Å². The van der Waals surface area contributed by atoms with E-state index in [2.05, 4.69) is 39.0 Å². The molecule has 1 heterocycles. The lowest BCUT2D eigenvalue weighted by atomic mass is 10.0. The molecule has 0 N–H and O–H groups in total. The first-order chi connectivity index (χ1) is 15.8. The van der Waals surface area contributed by atoms with Gasteiger partial charge >= 0.3 is 0 Å². The van der Waals surface area contributed by atoms with Crippen LogP contribution in [0.25, 0.3) is 6.08 Å². The fourth-order valence-corrected chi connectivity index (χ4v) is 4.91. The van der Waals surface area contributed by atoms with Crippen LogP contribution < -0.4 is 14.2 Å². The molecular formula is C26H31NO4S2. The first-order valence-electron chi connectivity index (χ1n) is 11.1. The van der Waals surface area contributed by atoms with E-state index in [0.29, 0.717) is 52.8 Å². The number of amides is 1. The van der Waals surface area contributed by atoms with E-state index in [4.69, 9.17) is 26.4 Å². The van der Waals surface area contributed by atoms with Crippen LogP contribution in [0.4, 0.5) is 0 Å². The number of carbonyl (C=O) groups excluding carboxylic acids is 1. The molecule has 0 aromatic heterocycles. The molecule has 1 fully saturated rings. The number of aryl methyl sites for hydroxylation is 1. The van der Waals surface area contributed by atoms with E-state index in [1.54, 1.807) is 12.0 Å². The van der Waals surface area contributed by atoms with Crippen molar-refractivity contribution in [1.29, 1.82) is 0 Å². The van der Waals surface area contributed by atoms with Gasteiger partial charge in [0.1, 0.15) is 10.1 Å². The van der Waals surface area contributed by atoms with Gasteiger partial charge in [0, 0.05) is 18.5 Å². The molecule has 7 heteroatoms. The lowest BCUT2D eigenvalue weighted by molar-refractivity contribution is -0.121. The van der Waals surface area contributed by atoms with Crippen LogP contribution in [-0.4, -0.2) is 42.0 Å². The van der Waals surface area contributed by atoms with Gasteiger partial charge in [-0.15, -0.1) is 0 Å². The summed E-state index contributed by atoms with van der Waals surface area (Å²) in [5.74, 6) is 2.49. The molecule has 2 aromatic rings. The maximum atomic E-state index is 12.6. The van der Waals surface area contributed by atoms with Gasteiger partial charge in [-0.1, -0.05) is 62.1 Å². The van der Waals surface area contributed by atoms with E-state index in [9.17, 15) is 4.79 Å². The SMILES string of the molecule is CCN1C(=O)C(=Cc2cccc(OC)c2OCCCOc2cc(C)ccc2C(C)C)SC1=S. The highest BCUT2D eigenvalue weighted by molar-refractivity contribution is 8.26. The predicted molar refractivity (Wildman–Crippen MR) is 139 cm³/mol. The van der Waals surface area contributed by atoms with Crippen molar-refractivity contribution in [1.82, 2.24) is 4.90 Å². The van der Waals surface area contributed by atoms with Crippen molar-refractivity contribution in [2.24, 2.45) is 0 Å². The number of methoxy groups -OCH3 is 1. The van der Waals surface area contributed by atoms with Gasteiger partial charge in [-0.05, 0) is 49.1 Å². The van der Waals surface area contributed by atoms with Crippen molar-refractivity contribution < 1.29 is 19.0 Å². The summed E-state index contributed by atoms with van der Waals surface area (Å²) in [5, 5.41) is 0. The Morgan fingerprint density at radius 2 is 1.88 bits per heavy atom. The van der Waals surface area contributed by atoms with Crippen LogP contribution in [0.3, 0.4) is 0 Å². The second-order valence-corrected chi connectivity index (χ2v) is 9.73. The second kappa shape index (κ2) is 11.6. The average Bonchev–Trinajstić information content (AvgIpc) is 3.06. The number of para-hydroxylation sites is 1. The van der Waals surface area contributed by atoms with Gasteiger partial charge in [0.15, 0.2) is 11.5 Å². The zero-order chi connectivity index (χ0) is 24.0. The van der Waals surface area contributed by atoms with E-state index < -0.39 is 0 Å². The number of hydrogen-bond acceptors (Lipinski definition) is 6. The van der Waals surface area contributed by atoms with E-state index >= 15 is 0 Å². The van der Waals surface area contributed by atoms with E-state index in [1.165, 1.54) is 22.9 Å². The van der Waals surface area contributed by atoms with Crippen LogP contribution in [0.2, 0.25) is 0 Å². The number of benzene rings is 2. The molecule has 1 amide bonds. The van der Waals surface area contributed by atoms with Crippen molar-refractivity contribution in [2.75, 3.05) is 26.9 Å². The third-order valence-corrected chi connectivity index (χ3v) is 6.67. The lowest BCUT2D eigenvalue weighted by Gasteiger charge is -2.16. The van der Waals surface area contributed by atoms with Crippen LogP contribution in [0, 0.1) is 6.92 Å². The Balaban J connectivity index is 1.67. The van der Waals surface area contributed by atoms with Gasteiger partial charge < -0.3 is 14.2 Å². The number of rotatable bonds is 10. The maximum Gasteiger partial charge on any atom is 0.266 e. The number of likely N-dealkylation sites (N-methyl/N-ethyl adjacent to an activating group) is 1. The predicted octanol–water partition coefficient (Wildman–Crippen LogP) is 6.20. The van der Waals surface area contributed by atoms with Crippen LogP contribution >= 0.6 is 24.0 Å². The number of nitrogens with zero attached hydrogens (tertiary/aromatic N) is 1. The van der Waals surface area contributed by atoms with Gasteiger partial charge in [0.05, 0.1) is 25.2 Å². The Hall–Kier alpha value is -2.51. The smallest absolute Gasteiger partial charge is 0.266 e. The lowest BCUT2D eigenvalue weighted by Crippen LogP contribution is -2.27. The molecule has 0 bridgehead atoms. The zero-order valence-corrected chi connectivity index (χ0v) is 21.5. The molecule has 0 radical (unpaired) electrons. The summed E-state index contributed by atoms with van der Waals surface area (Å²) in [7, 11) is 1.61. The second-order valence-electron chi connectivity index (χ2n) is 8.05. The molecule has 1 aliphatic rings. The molecule has 0 spiro atoms. The Bertz CT molecular complexity index is 1050. The molecule has 1 saturated heterocycles.